The fraction of sp³-hybridized carbons (Fsp3) is 0.636. The van der Waals surface area contributed by atoms with Gasteiger partial charge in [0, 0.05) is 12.5 Å². The summed E-state index contributed by atoms with van der Waals surface area (Å²) in [5.41, 5.74) is 0. The molecule has 1 unspecified atom stereocenters. The fourth-order valence-electron chi connectivity index (χ4n) is 1.06. The van der Waals surface area contributed by atoms with Crippen molar-refractivity contribution in [3.63, 3.8) is 0 Å². The van der Waals surface area contributed by atoms with Gasteiger partial charge in [0.15, 0.2) is 0 Å². The van der Waals surface area contributed by atoms with Crippen LogP contribution in [-0.4, -0.2) is 25.7 Å². The van der Waals surface area contributed by atoms with E-state index in [1.807, 2.05) is 6.92 Å². The van der Waals surface area contributed by atoms with Crippen LogP contribution < -0.4 is 0 Å². The summed E-state index contributed by atoms with van der Waals surface area (Å²) < 4.78 is 9.37. The van der Waals surface area contributed by atoms with Crippen molar-refractivity contribution in [2.75, 3.05) is 13.7 Å². The van der Waals surface area contributed by atoms with E-state index >= 15 is 0 Å². The quantitative estimate of drug-likeness (QED) is 0.478. The van der Waals surface area contributed by atoms with E-state index < -0.39 is 5.97 Å². The van der Waals surface area contributed by atoms with Crippen LogP contribution in [0, 0.1) is 5.92 Å². The highest BCUT2D eigenvalue weighted by molar-refractivity contribution is 5.81. The summed E-state index contributed by atoms with van der Waals surface area (Å²) >= 11 is 0. The monoisotopic (exact) mass is 214 g/mol. The molecule has 0 radical (unpaired) electrons. The molecule has 0 aliphatic heterocycles. The smallest absolute Gasteiger partial charge is 0.330 e. The summed E-state index contributed by atoms with van der Waals surface area (Å²) in [6.07, 6.45) is 3.14. The van der Waals surface area contributed by atoms with Crippen LogP contribution in [0.15, 0.2) is 12.7 Å². The number of rotatable bonds is 7. The SMILES string of the molecule is C=CC(=O)OCC(C)CCCC(=O)OC. The Hall–Kier alpha value is -1.32. The molecule has 4 heteroatoms. The Morgan fingerprint density at radius 3 is 2.67 bits per heavy atom. The van der Waals surface area contributed by atoms with E-state index in [2.05, 4.69) is 11.3 Å². The second-order valence-corrected chi connectivity index (χ2v) is 3.41. The van der Waals surface area contributed by atoms with Gasteiger partial charge in [-0.25, -0.2) is 4.79 Å². The van der Waals surface area contributed by atoms with Gasteiger partial charge in [-0.15, -0.1) is 0 Å². The Balaban J connectivity index is 3.48. The molecule has 0 aromatic rings. The van der Waals surface area contributed by atoms with Crippen molar-refractivity contribution in [2.45, 2.75) is 26.2 Å². The number of hydrogen-bond donors (Lipinski definition) is 0. The molecule has 0 aliphatic carbocycles. The largest absolute Gasteiger partial charge is 0.469 e. The zero-order chi connectivity index (χ0) is 11.7. The van der Waals surface area contributed by atoms with Gasteiger partial charge in [0.1, 0.15) is 0 Å². The van der Waals surface area contributed by atoms with E-state index in [1.54, 1.807) is 0 Å². The predicted molar refractivity (Wildman–Crippen MR) is 56.2 cm³/mol. The Morgan fingerprint density at radius 1 is 1.47 bits per heavy atom. The molecule has 0 bridgehead atoms. The molecule has 0 saturated heterocycles. The lowest BCUT2D eigenvalue weighted by atomic mass is 10.1. The number of carbonyl (C=O) groups excluding carboxylic acids is 2. The Morgan fingerprint density at radius 2 is 2.13 bits per heavy atom. The van der Waals surface area contributed by atoms with Gasteiger partial charge in [0.05, 0.1) is 13.7 Å². The van der Waals surface area contributed by atoms with Crippen LogP contribution in [0.3, 0.4) is 0 Å². The third kappa shape index (κ3) is 7.73. The molecule has 0 aliphatic rings. The van der Waals surface area contributed by atoms with Crippen LogP contribution >= 0.6 is 0 Å². The van der Waals surface area contributed by atoms with Gasteiger partial charge in [-0.05, 0) is 18.8 Å². The molecule has 4 nitrogen and oxygen atoms in total. The van der Waals surface area contributed by atoms with E-state index in [1.165, 1.54) is 7.11 Å². The lowest BCUT2D eigenvalue weighted by molar-refractivity contribution is -0.141. The predicted octanol–water partition coefficient (Wildman–Crippen LogP) is 1.70. The Kier molecular flexibility index (Phi) is 7.32. The van der Waals surface area contributed by atoms with Crippen molar-refractivity contribution < 1.29 is 19.1 Å². The van der Waals surface area contributed by atoms with Crippen molar-refractivity contribution >= 4 is 11.9 Å². The normalized spacial score (nSPS) is 11.6. The average molecular weight is 214 g/mol. The second kappa shape index (κ2) is 8.03. The van der Waals surface area contributed by atoms with E-state index in [9.17, 15) is 9.59 Å². The molecule has 0 N–H and O–H groups in total. The van der Waals surface area contributed by atoms with Crippen molar-refractivity contribution in [1.29, 1.82) is 0 Å². The average Bonchev–Trinajstić information content (AvgIpc) is 2.25. The molecule has 0 spiro atoms. The topological polar surface area (TPSA) is 52.6 Å². The highest BCUT2D eigenvalue weighted by Crippen LogP contribution is 2.08. The number of carbonyl (C=O) groups is 2. The molecule has 15 heavy (non-hydrogen) atoms. The summed E-state index contributed by atoms with van der Waals surface area (Å²) in [6, 6.07) is 0. The van der Waals surface area contributed by atoms with Gasteiger partial charge < -0.3 is 9.47 Å². The third-order valence-corrected chi connectivity index (χ3v) is 1.98. The molecular formula is C11H18O4. The highest BCUT2D eigenvalue weighted by Gasteiger charge is 2.06. The molecule has 1 atom stereocenters. The van der Waals surface area contributed by atoms with Gasteiger partial charge in [0.25, 0.3) is 0 Å². The van der Waals surface area contributed by atoms with Crippen LogP contribution in [0.5, 0.6) is 0 Å². The summed E-state index contributed by atoms with van der Waals surface area (Å²) in [6.45, 7) is 5.63. The number of hydrogen-bond acceptors (Lipinski definition) is 4. The minimum atomic E-state index is -0.408. The maximum absolute atomic E-state index is 10.8. The van der Waals surface area contributed by atoms with E-state index in [4.69, 9.17) is 4.74 Å². The minimum absolute atomic E-state index is 0.203. The van der Waals surface area contributed by atoms with Crippen molar-refractivity contribution in [2.24, 2.45) is 5.92 Å². The maximum Gasteiger partial charge on any atom is 0.330 e. The summed E-state index contributed by atoms with van der Waals surface area (Å²) in [7, 11) is 1.37. The van der Waals surface area contributed by atoms with Crippen LogP contribution in [0.1, 0.15) is 26.2 Å². The Bertz CT molecular complexity index is 223. The van der Waals surface area contributed by atoms with Crippen LogP contribution in [0.2, 0.25) is 0 Å². The van der Waals surface area contributed by atoms with Gasteiger partial charge in [-0.3, -0.25) is 4.79 Å². The first kappa shape index (κ1) is 13.7. The fourth-order valence-corrected chi connectivity index (χ4v) is 1.06. The molecule has 0 rings (SSSR count). The van der Waals surface area contributed by atoms with Crippen LogP contribution in [0.25, 0.3) is 0 Å². The first-order chi connectivity index (χ1) is 7.10. The molecule has 0 saturated carbocycles. The minimum Gasteiger partial charge on any atom is -0.469 e. The van der Waals surface area contributed by atoms with Crippen molar-refractivity contribution in [3.05, 3.63) is 12.7 Å². The Labute approximate surface area is 90.2 Å². The first-order valence-corrected chi connectivity index (χ1v) is 4.96. The molecule has 86 valence electrons. The zero-order valence-electron chi connectivity index (χ0n) is 9.32. The van der Waals surface area contributed by atoms with Crippen molar-refractivity contribution in [3.8, 4) is 0 Å². The standard InChI is InChI=1S/C11H18O4/c1-4-10(12)15-8-9(2)6-5-7-11(13)14-3/h4,9H,1,5-8H2,2-3H3. The lowest BCUT2D eigenvalue weighted by Gasteiger charge is -2.10. The van der Waals surface area contributed by atoms with E-state index in [0.717, 1.165) is 18.9 Å². The molecule has 0 fully saturated rings. The first-order valence-electron chi connectivity index (χ1n) is 4.96. The molecule has 0 aromatic carbocycles. The summed E-state index contributed by atoms with van der Waals surface area (Å²) in [5, 5.41) is 0. The third-order valence-electron chi connectivity index (χ3n) is 1.98. The molecule has 0 aromatic heterocycles. The zero-order valence-corrected chi connectivity index (χ0v) is 9.32. The van der Waals surface area contributed by atoms with Gasteiger partial charge in [0.2, 0.25) is 0 Å². The summed E-state index contributed by atoms with van der Waals surface area (Å²) in [4.78, 5) is 21.5. The maximum atomic E-state index is 10.8. The van der Waals surface area contributed by atoms with Gasteiger partial charge in [-0.2, -0.15) is 0 Å². The van der Waals surface area contributed by atoms with Gasteiger partial charge >= 0.3 is 11.9 Å². The van der Waals surface area contributed by atoms with E-state index in [0.29, 0.717) is 13.0 Å². The van der Waals surface area contributed by atoms with Crippen LogP contribution in [0.4, 0.5) is 0 Å². The van der Waals surface area contributed by atoms with Crippen LogP contribution in [-0.2, 0) is 19.1 Å². The van der Waals surface area contributed by atoms with Gasteiger partial charge in [-0.1, -0.05) is 13.5 Å². The number of esters is 2. The number of methoxy groups -OCH3 is 1. The molecular weight excluding hydrogens is 196 g/mol. The van der Waals surface area contributed by atoms with Crippen molar-refractivity contribution in [1.82, 2.24) is 0 Å². The lowest BCUT2D eigenvalue weighted by Crippen LogP contribution is -2.10. The summed E-state index contributed by atoms with van der Waals surface area (Å²) in [5.74, 6) is -0.362. The molecule has 0 heterocycles. The molecule has 0 amide bonds. The number of ether oxygens (including phenoxy) is 2. The highest BCUT2D eigenvalue weighted by atomic mass is 16.5. The second-order valence-electron chi connectivity index (χ2n) is 3.41. The van der Waals surface area contributed by atoms with E-state index in [-0.39, 0.29) is 11.9 Å².